The van der Waals surface area contributed by atoms with Gasteiger partial charge < -0.3 is 15.1 Å². The molecule has 0 heterocycles. The van der Waals surface area contributed by atoms with Gasteiger partial charge in [-0.25, -0.2) is 4.39 Å². The molecule has 0 fully saturated rings. The van der Waals surface area contributed by atoms with E-state index >= 15 is 0 Å². The van der Waals surface area contributed by atoms with Crippen LogP contribution in [-0.4, -0.2) is 40.7 Å². The molecule has 0 atom stereocenters. The highest BCUT2D eigenvalue weighted by molar-refractivity contribution is 5.96. The van der Waals surface area contributed by atoms with Crippen molar-refractivity contribution in [2.45, 2.75) is 0 Å². The van der Waals surface area contributed by atoms with Gasteiger partial charge in [-0.3, -0.25) is 4.79 Å². The van der Waals surface area contributed by atoms with E-state index in [1.807, 2.05) is 0 Å². The lowest BCUT2D eigenvalue weighted by Crippen LogP contribution is -2.33. The van der Waals surface area contributed by atoms with Crippen LogP contribution in [0.15, 0.2) is 30.9 Å². The van der Waals surface area contributed by atoms with E-state index in [4.69, 9.17) is 5.11 Å². The van der Waals surface area contributed by atoms with Crippen molar-refractivity contribution in [3.05, 3.63) is 42.2 Å². The summed E-state index contributed by atoms with van der Waals surface area (Å²) in [5.74, 6) is -1.50. The predicted octanol–water partition coefficient (Wildman–Crippen LogP) is 1.15. The van der Waals surface area contributed by atoms with Gasteiger partial charge in [0.05, 0.1) is 12.2 Å². The third-order valence-electron chi connectivity index (χ3n) is 2.20. The van der Waals surface area contributed by atoms with Crippen molar-refractivity contribution in [3.63, 3.8) is 0 Å². The Hall–Kier alpha value is -1.88. The van der Waals surface area contributed by atoms with Gasteiger partial charge in [-0.2, -0.15) is 0 Å². The lowest BCUT2D eigenvalue weighted by Gasteiger charge is -2.20. The number of phenols is 1. The Labute approximate surface area is 98.6 Å². The summed E-state index contributed by atoms with van der Waals surface area (Å²) in [6, 6.07) is 3.18. The number of benzene rings is 1. The van der Waals surface area contributed by atoms with Crippen LogP contribution in [0.4, 0.5) is 4.39 Å². The van der Waals surface area contributed by atoms with E-state index in [1.54, 1.807) is 0 Å². The van der Waals surface area contributed by atoms with Crippen LogP contribution >= 0.6 is 0 Å². The molecule has 4 nitrogen and oxygen atoms in total. The van der Waals surface area contributed by atoms with E-state index < -0.39 is 17.5 Å². The van der Waals surface area contributed by atoms with Gasteiger partial charge in [0.25, 0.3) is 5.91 Å². The molecule has 0 unspecified atom stereocenters. The summed E-state index contributed by atoms with van der Waals surface area (Å²) in [5, 5.41) is 18.3. The molecule has 1 aromatic rings. The minimum Gasteiger partial charge on any atom is -0.507 e. The molecular weight excluding hydrogens is 225 g/mol. The first-order chi connectivity index (χ1) is 8.10. The van der Waals surface area contributed by atoms with Crippen molar-refractivity contribution in [1.29, 1.82) is 0 Å². The van der Waals surface area contributed by atoms with Gasteiger partial charge in [-0.05, 0) is 12.1 Å². The molecule has 0 saturated carbocycles. The molecule has 0 spiro atoms. The van der Waals surface area contributed by atoms with E-state index in [0.717, 1.165) is 12.1 Å². The van der Waals surface area contributed by atoms with Crippen molar-refractivity contribution in [1.82, 2.24) is 4.90 Å². The number of hydrogen-bond donors (Lipinski definition) is 2. The zero-order valence-electron chi connectivity index (χ0n) is 9.27. The Morgan fingerprint density at radius 1 is 1.53 bits per heavy atom. The lowest BCUT2D eigenvalue weighted by molar-refractivity contribution is 0.0739. The molecular formula is C12H14FNO3. The molecule has 1 aromatic carbocycles. The maximum absolute atomic E-state index is 12.8. The lowest BCUT2D eigenvalue weighted by atomic mass is 10.1. The van der Waals surface area contributed by atoms with Crippen molar-refractivity contribution in [2.24, 2.45) is 0 Å². The molecule has 0 saturated heterocycles. The fourth-order valence-electron chi connectivity index (χ4n) is 1.41. The van der Waals surface area contributed by atoms with Gasteiger partial charge in [0, 0.05) is 19.2 Å². The van der Waals surface area contributed by atoms with Crippen LogP contribution in [0, 0.1) is 5.82 Å². The van der Waals surface area contributed by atoms with E-state index in [-0.39, 0.29) is 25.3 Å². The molecule has 92 valence electrons. The third kappa shape index (κ3) is 3.29. The fraction of sp³-hybridized carbons (Fsp3) is 0.250. The largest absolute Gasteiger partial charge is 0.507 e. The summed E-state index contributed by atoms with van der Waals surface area (Å²) in [4.78, 5) is 13.2. The van der Waals surface area contributed by atoms with Crippen LogP contribution in [0.5, 0.6) is 5.75 Å². The van der Waals surface area contributed by atoms with E-state index in [9.17, 15) is 14.3 Å². The van der Waals surface area contributed by atoms with Crippen molar-refractivity contribution in [3.8, 4) is 5.75 Å². The second kappa shape index (κ2) is 6.00. The van der Waals surface area contributed by atoms with E-state index in [1.165, 1.54) is 17.0 Å². The van der Waals surface area contributed by atoms with Crippen molar-refractivity contribution >= 4 is 5.91 Å². The topological polar surface area (TPSA) is 60.8 Å². The molecule has 1 rings (SSSR count). The zero-order chi connectivity index (χ0) is 12.8. The van der Waals surface area contributed by atoms with Crippen LogP contribution < -0.4 is 0 Å². The summed E-state index contributed by atoms with van der Waals surface area (Å²) in [5.41, 5.74) is 0.00157. The number of rotatable bonds is 5. The molecule has 0 bridgehead atoms. The standard InChI is InChI=1S/C12H14FNO3/c1-2-5-14(6-7-15)12(17)10-4-3-9(13)8-11(10)16/h2-4,8,15-16H,1,5-7H2. The Kier molecular flexibility index (Phi) is 4.66. The monoisotopic (exact) mass is 239 g/mol. The first-order valence-corrected chi connectivity index (χ1v) is 5.09. The van der Waals surface area contributed by atoms with E-state index in [2.05, 4.69) is 6.58 Å². The Morgan fingerprint density at radius 2 is 2.24 bits per heavy atom. The minimum absolute atomic E-state index is 0.00157. The number of phenolic OH excluding ortho intramolecular Hbond substituents is 1. The number of aliphatic hydroxyl groups excluding tert-OH is 1. The molecule has 1 amide bonds. The molecule has 17 heavy (non-hydrogen) atoms. The van der Waals surface area contributed by atoms with Crippen LogP contribution in [0.2, 0.25) is 0 Å². The Morgan fingerprint density at radius 3 is 2.76 bits per heavy atom. The van der Waals surface area contributed by atoms with Gasteiger partial charge in [-0.1, -0.05) is 6.08 Å². The highest BCUT2D eigenvalue weighted by atomic mass is 19.1. The molecule has 2 N–H and O–H groups in total. The number of halogens is 1. The van der Waals surface area contributed by atoms with Gasteiger partial charge >= 0.3 is 0 Å². The number of carbonyl (C=O) groups is 1. The van der Waals surface area contributed by atoms with Crippen LogP contribution in [0.1, 0.15) is 10.4 Å². The van der Waals surface area contributed by atoms with Crippen molar-refractivity contribution in [2.75, 3.05) is 19.7 Å². The number of nitrogens with zero attached hydrogens (tertiary/aromatic N) is 1. The van der Waals surface area contributed by atoms with Gasteiger partial charge in [0.2, 0.25) is 0 Å². The smallest absolute Gasteiger partial charge is 0.257 e. The maximum atomic E-state index is 12.8. The summed E-state index contributed by atoms with van der Waals surface area (Å²) in [7, 11) is 0. The van der Waals surface area contributed by atoms with Gasteiger partial charge in [0.1, 0.15) is 11.6 Å². The highest BCUT2D eigenvalue weighted by Crippen LogP contribution is 2.19. The normalized spacial score (nSPS) is 10.0. The summed E-state index contributed by atoms with van der Waals surface area (Å²) in [6.45, 7) is 3.68. The highest BCUT2D eigenvalue weighted by Gasteiger charge is 2.17. The molecule has 0 aliphatic heterocycles. The second-order valence-electron chi connectivity index (χ2n) is 3.42. The summed E-state index contributed by atoms with van der Waals surface area (Å²) < 4.78 is 12.8. The SMILES string of the molecule is C=CCN(CCO)C(=O)c1ccc(F)cc1O. The zero-order valence-corrected chi connectivity index (χ0v) is 9.27. The first kappa shape index (κ1) is 13.2. The number of carbonyl (C=O) groups excluding carboxylic acids is 1. The molecule has 0 aliphatic carbocycles. The quantitative estimate of drug-likeness (QED) is 0.758. The average Bonchev–Trinajstić information content (AvgIpc) is 2.28. The Balaban J connectivity index is 2.96. The summed E-state index contributed by atoms with van der Waals surface area (Å²) in [6.07, 6.45) is 1.51. The molecule has 0 radical (unpaired) electrons. The minimum atomic E-state index is -0.614. The Bertz CT molecular complexity index is 420. The maximum Gasteiger partial charge on any atom is 0.257 e. The van der Waals surface area contributed by atoms with Crippen LogP contribution in [0.3, 0.4) is 0 Å². The number of aromatic hydroxyl groups is 1. The number of aliphatic hydroxyl groups is 1. The van der Waals surface area contributed by atoms with Crippen LogP contribution in [0.25, 0.3) is 0 Å². The summed E-state index contributed by atoms with van der Waals surface area (Å²) >= 11 is 0. The molecule has 0 aromatic heterocycles. The first-order valence-electron chi connectivity index (χ1n) is 5.09. The van der Waals surface area contributed by atoms with Crippen LogP contribution in [-0.2, 0) is 0 Å². The number of hydrogen-bond acceptors (Lipinski definition) is 3. The fourth-order valence-corrected chi connectivity index (χ4v) is 1.41. The van der Waals surface area contributed by atoms with Crippen molar-refractivity contribution < 1.29 is 19.4 Å². The van der Waals surface area contributed by atoms with Gasteiger partial charge in [-0.15, -0.1) is 6.58 Å². The predicted molar refractivity (Wildman–Crippen MR) is 61.3 cm³/mol. The average molecular weight is 239 g/mol. The molecule has 5 heteroatoms. The van der Waals surface area contributed by atoms with E-state index in [0.29, 0.717) is 0 Å². The number of amides is 1. The third-order valence-corrected chi connectivity index (χ3v) is 2.20. The second-order valence-corrected chi connectivity index (χ2v) is 3.42. The molecule has 0 aliphatic rings. The van der Waals surface area contributed by atoms with Gasteiger partial charge in [0.15, 0.2) is 0 Å².